The molecular formula is C9H19Sb. The molecule has 0 atom stereocenters. The fourth-order valence-corrected chi connectivity index (χ4v) is 3.99. The topological polar surface area (TPSA) is 0 Å². The third-order valence-corrected chi connectivity index (χ3v) is 5.07. The predicted octanol–water partition coefficient (Wildman–Crippen LogP) is 2.54. The van der Waals surface area contributed by atoms with Gasteiger partial charge < -0.3 is 0 Å². The fourth-order valence-electron chi connectivity index (χ4n) is 2.00. The molecule has 0 aliphatic heterocycles. The van der Waals surface area contributed by atoms with Crippen molar-refractivity contribution in [2.24, 2.45) is 0 Å². The van der Waals surface area contributed by atoms with Gasteiger partial charge in [-0.05, 0) is 0 Å². The molecule has 10 heavy (non-hydrogen) atoms. The summed E-state index contributed by atoms with van der Waals surface area (Å²) in [5, 5.41) is 0. The Balaban J connectivity index is 2.32. The van der Waals surface area contributed by atoms with E-state index in [0.29, 0.717) is 0 Å². The van der Waals surface area contributed by atoms with Crippen molar-refractivity contribution in [2.45, 2.75) is 55.2 Å². The Hall–Kier alpha value is 0.818. The van der Waals surface area contributed by atoms with Gasteiger partial charge in [0.05, 0.1) is 0 Å². The summed E-state index contributed by atoms with van der Waals surface area (Å²) >= 11 is 1.51. The number of rotatable bonds is 2. The van der Waals surface area contributed by atoms with Crippen LogP contribution in [0.4, 0.5) is 0 Å². The molecule has 0 amide bonds. The molecule has 0 bridgehead atoms. The molecule has 0 aromatic carbocycles. The van der Waals surface area contributed by atoms with Gasteiger partial charge in [0.1, 0.15) is 0 Å². The van der Waals surface area contributed by atoms with Crippen molar-refractivity contribution >= 4 is 23.0 Å². The van der Waals surface area contributed by atoms with E-state index in [0.717, 1.165) is 3.36 Å². The summed E-state index contributed by atoms with van der Waals surface area (Å²) in [6.45, 7) is 2.33. The van der Waals surface area contributed by atoms with Crippen LogP contribution in [-0.2, 0) is 0 Å². The minimum atomic E-state index is 0.859. The zero-order chi connectivity index (χ0) is 7.45. The van der Waals surface area contributed by atoms with Gasteiger partial charge in [0.25, 0.3) is 0 Å². The normalized spacial score (nSPS) is 24.6. The summed E-state index contributed by atoms with van der Waals surface area (Å²) in [5.41, 5.74) is 0. The van der Waals surface area contributed by atoms with Crippen LogP contribution in [0.25, 0.3) is 0 Å². The van der Waals surface area contributed by atoms with Crippen molar-refractivity contribution < 1.29 is 0 Å². The second-order valence-electron chi connectivity index (χ2n) is 3.67. The Kier molecular flexibility index (Phi) is 3.56. The Morgan fingerprint density at radius 1 is 1.20 bits per heavy atom. The standard InChI is InChI=1S/C9H17.Sb.2H/c1-2-6-9-7-4-3-5-8-9;;;/h2-8H2,1H3;;;. The van der Waals surface area contributed by atoms with Crippen molar-refractivity contribution in [1.29, 1.82) is 0 Å². The van der Waals surface area contributed by atoms with E-state index in [4.69, 9.17) is 0 Å². The molecule has 1 saturated carbocycles. The van der Waals surface area contributed by atoms with Gasteiger partial charge in [-0.15, -0.1) is 0 Å². The van der Waals surface area contributed by atoms with Crippen molar-refractivity contribution in [3.8, 4) is 0 Å². The summed E-state index contributed by atoms with van der Waals surface area (Å²) in [7, 11) is 0. The molecule has 0 saturated heterocycles. The van der Waals surface area contributed by atoms with Crippen LogP contribution in [0.5, 0.6) is 0 Å². The molecule has 1 heteroatoms. The molecular weight excluding hydrogens is 230 g/mol. The first kappa shape index (κ1) is 8.91. The second-order valence-corrected chi connectivity index (χ2v) is 7.17. The SMILES string of the molecule is CCC[C]1([SbH2])CCCCC1. The molecule has 0 aromatic rings. The summed E-state index contributed by atoms with van der Waals surface area (Å²) in [6, 6.07) is 0. The predicted molar refractivity (Wildman–Crippen MR) is 49.2 cm³/mol. The molecule has 0 spiro atoms. The van der Waals surface area contributed by atoms with Gasteiger partial charge in [-0.1, -0.05) is 0 Å². The van der Waals surface area contributed by atoms with E-state index in [2.05, 4.69) is 6.92 Å². The monoisotopic (exact) mass is 248 g/mol. The van der Waals surface area contributed by atoms with Crippen molar-refractivity contribution in [1.82, 2.24) is 0 Å². The molecule has 0 radical (unpaired) electrons. The van der Waals surface area contributed by atoms with Crippen molar-refractivity contribution in [3.63, 3.8) is 0 Å². The van der Waals surface area contributed by atoms with Crippen LogP contribution >= 0.6 is 0 Å². The second kappa shape index (κ2) is 4.00. The fraction of sp³-hybridized carbons (Fsp3) is 1.00. The minimum absolute atomic E-state index is 0.859. The van der Waals surface area contributed by atoms with Gasteiger partial charge in [-0.2, -0.15) is 0 Å². The number of hydrogen-bond donors (Lipinski definition) is 0. The van der Waals surface area contributed by atoms with Crippen LogP contribution in [0.2, 0.25) is 3.36 Å². The molecule has 1 aliphatic carbocycles. The van der Waals surface area contributed by atoms with Crippen molar-refractivity contribution in [3.05, 3.63) is 0 Å². The zero-order valence-corrected chi connectivity index (χ0v) is 10.3. The molecule has 0 heterocycles. The zero-order valence-electron chi connectivity index (χ0n) is 7.03. The van der Waals surface area contributed by atoms with Gasteiger partial charge in [0.15, 0.2) is 0 Å². The van der Waals surface area contributed by atoms with E-state index in [-0.39, 0.29) is 0 Å². The number of hydrogen-bond acceptors (Lipinski definition) is 0. The molecule has 0 nitrogen and oxygen atoms in total. The van der Waals surface area contributed by atoms with Crippen LogP contribution in [0, 0.1) is 0 Å². The summed E-state index contributed by atoms with van der Waals surface area (Å²) in [5.74, 6) is 0. The third-order valence-electron chi connectivity index (χ3n) is 2.60. The van der Waals surface area contributed by atoms with Crippen LogP contribution in [0.1, 0.15) is 51.9 Å². The van der Waals surface area contributed by atoms with Gasteiger partial charge in [-0.3, -0.25) is 0 Å². The van der Waals surface area contributed by atoms with E-state index in [1.807, 2.05) is 0 Å². The van der Waals surface area contributed by atoms with Gasteiger partial charge in [-0.25, -0.2) is 0 Å². The summed E-state index contributed by atoms with van der Waals surface area (Å²) in [6.07, 6.45) is 10.5. The average Bonchev–Trinajstić information content (AvgIpc) is 1.89. The molecule has 0 unspecified atom stereocenters. The Morgan fingerprint density at radius 2 is 1.80 bits per heavy atom. The van der Waals surface area contributed by atoms with E-state index in [1.54, 1.807) is 12.8 Å². The van der Waals surface area contributed by atoms with Gasteiger partial charge in [0.2, 0.25) is 0 Å². The average molecular weight is 249 g/mol. The summed E-state index contributed by atoms with van der Waals surface area (Å²) in [4.78, 5) is 0. The Bertz CT molecular complexity index is 87.4. The first-order valence-electron chi connectivity index (χ1n) is 4.56. The van der Waals surface area contributed by atoms with E-state index < -0.39 is 0 Å². The van der Waals surface area contributed by atoms with E-state index in [9.17, 15) is 0 Å². The third kappa shape index (κ3) is 2.45. The molecule has 0 N–H and O–H groups in total. The van der Waals surface area contributed by atoms with Crippen LogP contribution in [0.15, 0.2) is 0 Å². The Morgan fingerprint density at radius 3 is 2.30 bits per heavy atom. The first-order valence-corrected chi connectivity index (χ1v) is 6.20. The van der Waals surface area contributed by atoms with Crippen molar-refractivity contribution in [2.75, 3.05) is 0 Å². The maximum atomic E-state index is 2.33. The Labute approximate surface area is 78.3 Å². The molecule has 60 valence electrons. The van der Waals surface area contributed by atoms with Crippen LogP contribution in [0.3, 0.4) is 0 Å². The molecule has 1 aliphatic rings. The van der Waals surface area contributed by atoms with Crippen LogP contribution < -0.4 is 0 Å². The molecule has 1 fully saturated rings. The van der Waals surface area contributed by atoms with Gasteiger partial charge >= 0.3 is 78.3 Å². The maximum absolute atomic E-state index is 2.33. The van der Waals surface area contributed by atoms with Crippen LogP contribution in [-0.4, -0.2) is 23.0 Å². The van der Waals surface area contributed by atoms with Gasteiger partial charge in [0, 0.05) is 0 Å². The first-order chi connectivity index (χ1) is 4.77. The van der Waals surface area contributed by atoms with E-state index >= 15 is 0 Å². The summed E-state index contributed by atoms with van der Waals surface area (Å²) < 4.78 is 0.859. The molecule has 1 rings (SSSR count). The quantitative estimate of drug-likeness (QED) is 0.659. The van der Waals surface area contributed by atoms with E-state index in [1.165, 1.54) is 55.1 Å². The molecule has 0 aromatic heterocycles.